The van der Waals surface area contributed by atoms with E-state index in [1.807, 2.05) is 13.8 Å². The molecule has 1 amide bonds. The van der Waals surface area contributed by atoms with E-state index in [1.54, 1.807) is 12.1 Å². The minimum atomic E-state index is -4.62. The Morgan fingerprint density at radius 3 is 2.40 bits per heavy atom. The first-order valence-electron chi connectivity index (χ1n) is 11.3. The van der Waals surface area contributed by atoms with Crippen molar-refractivity contribution < 1.29 is 22.4 Å². The van der Waals surface area contributed by atoms with Crippen LogP contribution in [0.15, 0.2) is 42.7 Å². The van der Waals surface area contributed by atoms with Gasteiger partial charge in [0.2, 0.25) is 0 Å². The van der Waals surface area contributed by atoms with E-state index in [9.17, 15) is 22.4 Å². The fraction of sp³-hybridized carbons (Fsp3) is 0.360. The average Bonchev–Trinajstić information content (AvgIpc) is 2.85. The molecule has 0 bridgehead atoms. The SMILES string of the molecule is Cc1c(-c2ccc(F)cc2)nnc(N2CCC(CNC(=O)c3cnccc3C(F)(F)F)CC2)c1C. The number of pyridine rings is 1. The minimum Gasteiger partial charge on any atom is -0.355 e. The molecular weight excluding hydrogens is 462 g/mol. The van der Waals surface area contributed by atoms with E-state index in [4.69, 9.17) is 0 Å². The number of piperidine rings is 1. The molecule has 1 fully saturated rings. The summed E-state index contributed by atoms with van der Waals surface area (Å²) in [5, 5.41) is 11.5. The van der Waals surface area contributed by atoms with E-state index in [0.717, 1.165) is 53.8 Å². The van der Waals surface area contributed by atoms with Gasteiger partial charge in [0.15, 0.2) is 5.82 Å². The third-order valence-corrected chi connectivity index (χ3v) is 6.45. The van der Waals surface area contributed by atoms with Crippen LogP contribution in [0.5, 0.6) is 0 Å². The first-order chi connectivity index (χ1) is 16.6. The number of aromatic nitrogens is 3. The summed E-state index contributed by atoms with van der Waals surface area (Å²) in [6.45, 7) is 5.59. The molecule has 3 heterocycles. The van der Waals surface area contributed by atoms with E-state index < -0.39 is 23.2 Å². The minimum absolute atomic E-state index is 0.133. The fourth-order valence-electron chi connectivity index (χ4n) is 4.28. The number of nitrogens with zero attached hydrogens (tertiary/aromatic N) is 4. The molecular formula is C25H25F4N5O. The van der Waals surface area contributed by atoms with Crippen LogP contribution < -0.4 is 10.2 Å². The molecule has 0 spiro atoms. The van der Waals surface area contributed by atoms with Gasteiger partial charge in [0.25, 0.3) is 5.91 Å². The summed E-state index contributed by atoms with van der Waals surface area (Å²) in [5.41, 5.74) is 1.99. The molecule has 1 aromatic carbocycles. The van der Waals surface area contributed by atoms with Crippen LogP contribution in [-0.4, -0.2) is 40.7 Å². The Balaban J connectivity index is 1.37. The predicted octanol–water partition coefficient (Wildman–Crippen LogP) is 4.96. The summed E-state index contributed by atoms with van der Waals surface area (Å²) in [7, 11) is 0. The van der Waals surface area contributed by atoms with Gasteiger partial charge in [-0.1, -0.05) is 0 Å². The Hall–Kier alpha value is -3.56. The number of anilines is 1. The topological polar surface area (TPSA) is 71.0 Å². The zero-order valence-corrected chi connectivity index (χ0v) is 19.4. The molecule has 6 nitrogen and oxygen atoms in total. The molecule has 2 aromatic heterocycles. The Bertz CT molecular complexity index is 1210. The smallest absolute Gasteiger partial charge is 0.355 e. The van der Waals surface area contributed by atoms with Crippen molar-refractivity contribution in [1.29, 1.82) is 0 Å². The second-order valence-electron chi connectivity index (χ2n) is 8.69. The number of hydrogen-bond acceptors (Lipinski definition) is 5. The van der Waals surface area contributed by atoms with Gasteiger partial charge in [-0.05, 0) is 74.1 Å². The van der Waals surface area contributed by atoms with Crippen LogP contribution in [-0.2, 0) is 6.18 Å². The summed E-state index contributed by atoms with van der Waals surface area (Å²) in [6, 6.07) is 6.94. The lowest BCUT2D eigenvalue weighted by Crippen LogP contribution is -2.39. The van der Waals surface area contributed by atoms with Gasteiger partial charge in [0.1, 0.15) is 5.82 Å². The number of carbonyl (C=O) groups excluding carboxylic acids is 1. The van der Waals surface area contributed by atoms with E-state index in [2.05, 4.69) is 25.4 Å². The van der Waals surface area contributed by atoms with Gasteiger partial charge >= 0.3 is 6.18 Å². The van der Waals surface area contributed by atoms with Crippen molar-refractivity contribution in [3.8, 4) is 11.3 Å². The highest BCUT2D eigenvalue weighted by Gasteiger charge is 2.35. The molecule has 0 radical (unpaired) electrons. The molecule has 3 aromatic rings. The van der Waals surface area contributed by atoms with Gasteiger partial charge < -0.3 is 10.2 Å². The second-order valence-corrected chi connectivity index (χ2v) is 8.69. The lowest BCUT2D eigenvalue weighted by molar-refractivity contribution is -0.138. The molecule has 4 rings (SSSR count). The Morgan fingerprint density at radius 1 is 1.06 bits per heavy atom. The molecule has 1 aliphatic rings. The highest BCUT2D eigenvalue weighted by atomic mass is 19.4. The fourth-order valence-corrected chi connectivity index (χ4v) is 4.28. The second kappa shape index (κ2) is 9.97. The normalized spacial score (nSPS) is 14.7. The number of nitrogens with one attached hydrogen (secondary N) is 1. The quantitative estimate of drug-likeness (QED) is 0.515. The van der Waals surface area contributed by atoms with Gasteiger partial charge in [0, 0.05) is 37.6 Å². The van der Waals surface area contributed by atoms with Gasteiger partial charge in [-0.2, -0.15) is 13.2 Å². The highest BCUT2D eigenvalue weighted by Crippen LogP contribution is 2.32. The van der Waals surface area contributed by atoms with Crippen molar-refractivity contribution in [3.63, 3.8) is 0 Å². The number of halogens is 4. The maximum atomic E-state index is 13.3. The maximum Gasteiger partial charge on any atom is 0.417 e. The van der Waals surface area contributed by atoms with Crippen molar-refractivity contribution in [3.05, 3.63) is 70.8 Å². The number of alkyl halides is 3. The molecule has 0 unspecified atom stereocenters. The first-order valence-corrected chi connectivity index (χ1v) is 11.3. The van der Waals surface area contributed by atoms with E-state index in [1.165, 1.54) is 12.1 Å². The van der Waals surface area contributed by atoms with Crippen LogP contribution in [0, 0.1) is 25.6 Å². The van der Waals surface area contributed by atoms with Gasteiger partial charge in [-0.15, -0.1) is 10.2 Å². The molecule has 1 aliphatic heterocycles. The predicted molar refractivity (Wildman–Crippen MR) is 123 cm³/mol. The standard InChI is InChI=1S/C25H25F4N5O/c1-15-16(2)23(33-32-22(15)18-3-5-19(26)6-4-18)34-11-8-17(9-12-34)13-31-24(35)20-14-30-10-7-21(20)25(27,28)29/h3-7,10,14,17H,8-9,11-13H2,1-2H3,(H,31,35). The zero-order chi connectivity index (χ0) is 25.2. The molecule has 10 heteroatoms. The Labute approximate surface area is 200 Å². The zero-order valence-electron chi connectivity index (χ0n) is 19.4. The lowest BCUT2D eigenvalue weighted by Gasteiger charge is -2.33. The molecule has 0 atom stereocenters. The van der Waals surface area contributed by atoms with Crippen molar-refractivity contribution in [2.45, 2.75) is 32.9 Å². The van der Waals surface area contributed by atoms with Crippen molar-refractivity contribution in [1.82, 2.24) is 20.5 Å². The first kappa shape index (κ1) is 24.6. The molecule has 35 heavy (non-hydrogen) atoms. The Kier molecular flexibility index (Phi) is 7.00. The van der Waals surface area contributed by atoms with Crippen LogP contribution in [0.2, 0.25) is 0 Å². The van der Waals surface area contributed by atoms with Gasteiger partial charge in [-0.3, -0.25) is 9.78 Å². The van der Waals surface area contributed by atoms with Crippen molar-refractivity contribution >= 4 is 11.7 Å². The average molecular weight is 488 g/mol. The largest absolute Gasteiger partial charge is 0.417 e. The highest BCUT2D eigenvalue weighted by molar-refractivity contribution is 5.95. The maximum absolute atomic E-state index is 13.3. The number of hydrogen-bond donors (Lipinski definition) is 1. The van der Waals surface area contributed by atoms with Gasteiger partial charge in [-0.25, -0.2) is 4.39 Å². The van der Waals surface area contributed by atoms with Crippen LogP contribution >= 0.6 is 0 Å². The number of carbonyl (C=O) groups is 1. The van der Waals surface area contributed by atoms with Crippen molar-refractivity contribution in [2.24, 2.45) is 5.92 Å². The number of rotatable bonds is 5. The van der Waals surface area contributed by atoms with Crippen molar-refractivity contribution in [2.75, 3.05) is 24.5 Å². The third kappa shape index (κ3) is 5.41. The summed E-state index contributed by atoms with van der Waals surface area (Å²) < 4.78 is 52.8. The third-order valence-electron chi connectivity index (χ3n) is 6.45. The summed E-state index contributed by atoms with van der Waals surface area (Å²) >= 11 is 0. The molecule has 0 aliphatic carbocycles. The molecule has 184 valence electrons. The van der Waals surface area contributed by atoms with Crippen LogP contribution in [0.4, 0.5) is 23.4 Å². The summed E-state index contributed by atoms with van der Waals surface area (Å²) in [6.07, 6.45) is -1.16. The monoisotopic (exact) mass is 487 g/mol. The summed E-state index contributed by atoms with van der Waals surface area (Å²) in [5.74, 6) is -0.176. The van der Waals surface area contributed by atoms with E-state index >= 15 is 0 Å². The number of benzene rings is 1. The summed E-state index contributed by atoms with van der Waals surface area (Å²) in [4.78, 5) is 18.2. The van der Waals surface area contributed by atoms with E-state index in [0.29, 0.717) is 18.8 Å². The lowest BCUT2D eigenvalue weighted by atomic mass is 9.95. The number of amides is 1. The Morgan fingerprint density at radius 2 is 1.74 bits per heavy atom. The van der Waals surface area contributed by atoms with Crippen LogP contribution in [0.3, 0.4) is 0 Å². The molecule has 0 saturated carbocycles. The van der Waals surface area contributed by atoms with Gasteiger partial charge in [0.05, 0.1) is 16.8 Å². The molecule has 1 saturated heterocycles. The van der Waals surface area contributed by atoms with Crippen LogP contribution in [0.25, 0.3) is 11.3 Å². The van der Waals surface area contributed by atoms with E-state index in [-0.39, 0.29) is 18.3 Å². The molecule has 1 N–H and O–H groups in total. The van der Waals surface area contributed by atoms with Crippen LogP contribution in [0.1, 0.15) is 39.9 Å².